The molecule has 0 atom stereocenters. The van der Waals surface area contributed by atoms with E-state index in [9.17, 15) is 14.9 Å². The number of amides is 1. The highest BCUT2D eigenvalue weighted by molar-refractivity contribution is 5.86. The molecule has 0 radical (unpaired) electrons. The molecular weight excluding hydrogens is 366 g/mol. The Morgan fingerprint density at radius 2 is 2.00 bits per heavy atom. The molecule has 0 aliphatic carbocycles. The van der Waals surface area contributed by atoms with Gasteiger partial charge in [0.2, 0.25) is 0 Å². The highest BCUT2D eigenvalue weighted by Gasteiger charge is 2.16. The minimum absolute atomic E-state index is 0.0239. The number of hydrazone groups is 1. The molecule has 0 aliphatic rings. The van der Waals surface area contributed by atoms with Gasteiger partial charge in [-0.2, -0.15) is 5.10 Å². The molecule has 1 amide bonds. The standard InChI is InChI=1S/C19H21N3O6/c1-4-13-8-9-16(15(10-13)22(24)25)28-12-18(23)21-20-11-14-6-5-7-17(26-2)19(14)27-3/h5-11H,4,12H2,1-3H3,(H,21,23)/b20-11-. The van der Waals surface area contributed by atoms with Crippen LogP contribution in [-0.2, 0) is 11.2 Å². The summed E-state index contributed by atoms with van der Waals surface area (Å²) >= 11 is 0. The number of carbonyl (C=O) groups is 1. The summed E-state index contributed by atoms with van der Waals surface area (Å²) in [5.74, 6) is 0.470. The number of methoxy groups -OCH3 is 2. The first kappa shape index (κ1) is 20.7. The second kappa shape index (κ2) is 9.91. The number of para-hydroxylation sites is 1. The zero-order chi connectivity index (χ0) is 20.5. The molecule has 0 spiro atoms. The van der Waals surface area contributed by atoms with Gasteiger partial charge in [-0.1, -0.05) is 19.1 Å². The number of nitrogens with one attached hydrogen (secondary N) is 1. The minimum Gasteiger partial charge on any atom is -0.493 e. The molecule has 148 valence electrons. The summed E-state index contributed by atoms with van der Waals surface area (Å²) in [6.07, 6.45) is 2.06. The fourth-order valence-electron chi connectivity index (χ4n) is 2.41. The van der Waals surface area contributed by atoms with Crippen molar-refractivity contribution in [2.45, 2.75) is 13.3 Å². The van der Waals surface area contributed by atoms with Crippen LogP contribution in [0.4, 0.5) is 5.69 Å². The predicted molar refractivity (Wildman–Crippen MR) is 103 cm³/mol. The number of benzene rings is 2. The van der Waals surface area contributed by atoms with Crippen LogP contribution in [0.5, 0.6) is 17.2 Å². The van der Waals surface area contributed by atoms with E-state index in [0.717, 1.165) is 5.56 Å². The molecule has 1 N–H and O–H groups in total. The Balaban J connectivity index is 1.99. The molecule has 0 fully saturated rings. The molecule has 0 heterocycles. The number of nitro benzene ring substituents is 1. The topological polar surface area (TPSA) is 112 Å². The Bertz CT molecular complexity index is 882. The molecule has 28 heavy (non-hydrogen) atoms. The Labute approximate surface area is 162 Å². The largest absolute Gasteiger partial charge is 0.493 e. The maximum Gasteiger partial charge on any atom is 0.311 e. The molecule has 2 aromatic rings. The van der Waals surface area contributed by atoms with Gasteiger partial charge in [-0.3, -0.25) is 14.9 Å². The quantitative estimate of drug-likeness (QED) is 0.402. The number of carbonyl (C=O) groups excluding carboxylic acids is 1. The fraction of sp³-hybridized carbons (Fsp3) is 0.263. The van der Waals surface area contributed by atoms with E-state index in [4.69, 9.17) is 14.2 Å². The summed E-state index contributed by atoms with van der Waals surface area (Å²) in [7, 11) is 3.02. The molecule has 0 unspecified atom stereocenters. The minimum atomic E-state index is -0.563. The van der Waals surface area contributed by atoms with Gasteiger partial charge < -0.3 is 14.2 Å². The normalized spacial score (nSPS) is 10.5. The fourth-order valence-corrected chi connectivity index (χ4v) is 2.41. The van der Waals surface area contributed by atoms with Crippen LogP contribution in [0.1, 0.15) is 18.1 Å². The van der Waals surface area contributed by atoms with Crippen molar-refractivity contribution in [1.29, 1.82) is 0 Å². The zero-order valence-electron chi connectivity index (χ0n) is 15.8. The number of ether oxygens (including phenoxy) is 3. The summed E-state index contributed by atoms with van der Waals surface area (Å²) in [6, 6.07) is 9.86. The average Bonchev–Trinajstić information content (AvgIpc) is 2.71. The number of hydrogen-bond acceptors (Lipinski definition) is 7. The lowest BCUT2D eigenvalue weighted by Crippen LogP contribution is -2.24. The van der Waals surface area contributed by atoms with Crippen molar-refractivity contribution in [2.24, 2.45) is 5.10 Å². The van der Waals surface area contributed by atoms with Gasteiger partial charge >= 0.3 is 5.69 Å². The van der Waals surface area contributed by atoms with E-state index in [0.29, 0.717) is 23.5 Å². The summed E-state index contributed by atoms with van der Waals surface area (Å²) in [5.41, 5.74) is 3.53. The van der Waals surface area contributed by atoms with E-state index in [2.05, 4.69) is 10.5 Å². The average molecular weight is 387 g/mol. The molecule has 2 aromatic carbocycles. The lowest BCUT2D eigenvalue weighted by Gasteiger charge is -2.09. The van der Waals surface area contributed by atoms with E-state index in [1.165, 1.54) is 32.6 Å². The summed E-state index contributed by atoms with van der Waals surface area (Å²) in [4.78, 5) is 22.5. The van der Waals surface area contributed by atoms with Gasteiger partial charge in [-0.15, -0.1) is 0 Å². The third kappa shape index (κ3) is 5.19. The Kier molecular flexibility index (Phi) is 7.32. The van der Waals surface area contributed by atoms with Crippen molar-refractivity contribution in [1.82, 2.24) is 5.43 Å². The number of aryl methyl sites for hydroxylation is 1. The Hall–Kier alpha value is -3.62. The van der Waals surface area contributed by atoms with Crippen LogP contribution < -0.4 is 19.6 Å². The van der Waals surface area contributed by atoms with Crippen LogP contribution in [0.15, 0.2) is 41.5 Å². The van der Waals surface area contributed by atoms with Gasteiger partial charge in [-0.25, -0.2) is 5.43 Å². The van der Waals surface area contributed by atoms with Gasteiger partial charge in [0.05, 0.1) is 25.4 Å². The lowest BCUT2D eigenvalue weighted by atomic mass is 10.1. The second-order valence-electron chi connectivity index (χ2n) is 5.58. The number of nitrogens with zero attached hydrogens (tertiary/aromatic N) is 2. The van der Waals surface area contributed by atoms with E-state index in [1.807, 2.05) is 6.92 Å². The lowest BCUT2D eigenvalue weighted by molar-refractivity contribution is -0.385. The first-order chi connectivity index (χ1) is 13.5. The molecule has 0 aromatic heterocycles. The van der Waals surface area contributed by atoms with Crippen molar-refractivity contribution in [2.75, 3.05) is 20.8 Å². The number of rotatable bonds is 9. The zero-order valence-corrected chi connectivity index (χ0v) is 15.8. The molecule has 0 aliphatic heterocycles. The van der Waals surface area contributed by atoms with Crippen LogP contribution in [0.3, 0.4) is 0 Å². The van der Waals surface area contributed by atoms with Crippen molar-refractivity contribution in [3.8, 4) is 17.2 Å². The van der Waals surface area contributed by atoms with Gasteiger partial charge in [0, 0.05) is 11.6 Å². The third-order valence-electron chi connectivity index (χ3n) is 3.81. The molecule has 9 nitrogen and oxygen atoms in total. The van der Waals surface area contributed by atoms with Gasteiger partial charge in [0.1, 0.15) is 0 Å². The monoisotopic (exact) mass is 387 g/mol. The maximum atomic E-state index is 11.9. The first-order valence-corrected chi connectivity index (χ1v) is 8.43. The Morgan fingerprint density at radius 3 is 2.64 bits per heavy atom. The van der Waals surface area contributed by atoms with Crippen molar-refractivity contribution in [3.05, 3.63) is 57.6 Å². The summed E-state index contributed by atoms with van der Waals surface area (Å²) in [6.45, 7) is 1.47. The molecule has 0 saturated heterocycles. The van der Waals surface area contributed by atoms with Crippen LogP contribution in [0.2, 0.25) is 0 Å². The van der Waals surface area contributed by atoms with Gasteiger partial charge in [0.15, 0.2) is 23.9 Å². The predicted octanol–water partition coefficient (Wildman–Crippen LogP) is 2.70. The van der Waals surface area contributed by atoms with Gasteiger partial charge in [-0.05, 0) is 30.2 Å². The van der Waals surface area contributed by atoms with E-state index < -0.39 is 17.4 Å². The highest BCUT2D eigenvalue weighted by atomic mass is 16.6. The molecule has 0 saturated carbocycles. The third-order valence-corrected chi connectivity index (χ3v) is 3.81. The molecule has 2 rings (SSSR count). The highest BCUT2D eigenvalue weighted by Crippen LogP contribution is 2.29. The van der Waals surface area contributed by atoms with E-state index in [-0.39, 0.29) is 11.4 Å². The molecule has 0 bridgehead atoms. The van der Waals surface area contributed by atoms with E-state index in [1.54, 1.807) is 24.3 Å². The van der Waals surface area contributed by atoms with Gasteiger partial charge in [0.25, 0.3) is 5.91 Å². The first-order valence-electron chi connectivity index (χ1n) is 8.43. The van der Waals surface area contributed by atoms with Crippen LogP contribution in [-0.4, -0.2) is 37.9 Å². The summed E-state index contributed by atoms with van der Waals surface area (Å²) in [5, 5.41) is 15.0. The van der Waals surface area contributed by atoms with Crippen molar-refractivity contribution in [3.63, 3.8) is 0 Å². The maximum absolute atomic E-state index is 11.9. The SMILES string of the molecule is CCc1ccc(OCC(=O)N/N=C\c2cccc(OC)c2OC)c([N+](=O)[O-])c1. The smallest absolute Gasteiger partial charge is 0.311 e. The number of hydrogen-bond donors (Lipinski definition) is 1. The second-order valence-corrected chi connectivity index (χ2v) is 5.58. The molecular formula is C19H21N3O6. The van der Waals surface area contributed by atoms with Crippen molar-refractivity contribution < 1.29 is 23.9 Å². The van der Waals surface area contributed by atoms with Crippen LogP contribution in [0, 0.1) is 10.1 Å². The number of nitro groups is 1. The summed E-state index contributed by atoms with van der Waals surface area (Å²) < 4.78 is 15.7. The van der Waals surface area contributed by atoms with Crippen molar-refractivity contribution >= 4 is 17.8 Å². The Morgan fingerprint density at radius 1 is 1.21 bits per heavy atom. The molecule has 9 heteroatoms. The van der Waals surface area contributed by atoms with Crippen LogP contribution in [0.25, 0.3) is 0 Å². The van der Waals surface area contributed by atoms with Crippen LogP contribution >= 0.6 is 0 Å². The van der Waals surface area contributed by atoms with E-state index >= 15 is 0 Å².